The molecule has 0 fully saturated rings. The highest BCUT2D eigenvalue weighted by Crippen LogP contribution is 2.19. The Hall–Kier alpha value is -3.54. The first-order valence-corrected chi connectivity index (χ1v) is 7.56. The van der Waals surface area contributed by atoms with Crippen LogP contribution in [0, 0.1) is 0 Å². The van der Waals surface area contributed by atoms with Gasteiger partial charge in [0.25, 0.3) is 5.88 Å². The number of hydrogen-bond acceptors (Lipinski definition) is 4. The lowest BCUT2D eigenvalue weighted by Crippen LogP contribution is -2.37. The normalized spacial score (nSPS) is 10.2. The number of carboxylic acid groups (broad SMARTS) is 1. The summed E-state index contributed by atoms with van der Waals surface area (Å²) < 4.78 is 7.26. The van der Waals surface area contributed by atoms with E-state index in [0.717, 1.165) is 0 Å². The van der Waals surface area contributed by atoms with Crippen molar-refractivity contribution in [2.75, 3.05) is 0 Å². The fraction of sp³-hybridized carbons (Fsp3) is 0.0526. The third kappa shape index (κ3) is 4.26. The summed E-state index contributed by atoms with van der Waals surface area (Å²) in [5.74, 6) is -0.434. The second kappa shape index (κ2) is 7.35. The van der Waals surface area contributed by atoms with Crippen LogP contribution in [0.4, 0.5) is 0 Å². The molecule has 2 aromatic carbocycles. The smallest absolute Gasteiger partial charge is 0.335 e. The van der Waals surface area contributed by atoms with Gasteiger partial charge in [-0.1, -0.05) is 36.4 Å². The van der Waals surface area contributed by atoms with Crippen molar-refractivity contribution in [1.29, 1.82) is 0 Å². The van der Waals surface area contributed by atoms with E-state index in [2.05, 4.69) is 4.98 Å². The van der Waals surface area contributed by atoms with E-state index in [1.807, 2.05) is 18.2 Å². The Morgan fingerprint density at radius 3 is 2.56 bits per heavy atom. The summed E-state index contributed by atoms with van der Waals surface area (Å²) >= 11 is 0. The number of ether oxygens (including phenoxy) is 1. The molecule has 0 amide bonds. The molecule has 1 aromatic heterocycles. The molecule has 0 unspecified atom stereocenters. The Kier molecular flexibility index (Phi) is 4.80. The average molecular weight is 335 g/mol. The largest absolute Gasteiger partial charge is 0.478 e. The van der Waals surface area contributed by atoms with Gasteiger partial charge >= 0.3 is 5.97 Å². The topological polar surface area (TPSA) is 80.4 Å². The van der Waals surface area contributed by atoms with E-state index in [1.54, 1.807) is 41.2 Å². The highest BCUT2D eigenvalue weighted by Gasteiger charge is 2.14. The van der Waals surface area contributed by atoms with E-state index in [-0.39, 0.29) is 23.8 Å². The van der Waals surface area contributed by atoms with Gasteiger partial charge in [-0.05, 0) is 18.2 Å². The molecule has 3 aromatic rings. The van der Waals surface area contributed by atoms with Gasteiger partial charge < -0.3 is 9.84 Å². The van der Waals surface area contributed by atoms with Crippen molar-refractivity contribution in [2.45, 2.75) is 6.54 Å². The van der Waals surface area contributed by atoms with Crippen LogP contribution in [0.3, 0.4) is 0 Å². The van der Waals surface area contributed by atoms with Crippen molar-refractivity contribution in [1.82, 2.24) is 4.98 Å². The molecule has 3 rings (SSSR count). The van der Waals surface area contributed by atoms with Crippen molar-refractivity contribution in [3.63, 3.8) is 0 Å². The van der Waals surface area contributed by atoms with E-state index in [0.29, 0.717) is 11.3 Å². The Labute approximate surface area is 144 Å². The molecule has 25 heavy (non-hydrogen) atoms. The number of carbonyl (C=O) groups is 2. The van der Waals surface area contributed by atoms with Crippen molar-refractivity contribution >= 4 is 11.8 Å². The van der Waals surface area contributed by atoms with Crippen molar-refractivity contribution in [3.8, 4) is 11.6 Å². The van der Waals surface area contributed by atoms with Crippen LogP contribution in [0.2, 0.25) is 0 Å². The van der Waals surface area contributed by atoms with Crippen molar-refractivity contribution < 1.29 is 24.0 Å². The number of aromatic nitrogens is 2. The van der Waals surface area contributed by atoms with Gasteiger partial charge in [-0.15, -0.1) is 0 Å². The second-order valence-electron chi connectivity index (χ2n) is 5.29. The number of aromatic carboxylic acids is 1. The van der Waals surface area contributed by atoms with Crippen LogP contribution in [-0.4, -0.2) is 21.8 Å². The SMILES string of the molecule is O=C(O)c1cccc(Oc2c[n+](CC(=O)c3ccccc3)ccn2)c1. The fourth-order valence-electron chi connectivity index (χ4n) is 2.26. The maximum absolute atomic E-state index is 12.3. The average Bonchev–Trinajstić information content (AvgIpc) is 2.63. The zero-order valence-corrected chi connectivity index (χ0v) is 13.2. The van der Waals surface area contributed by atoms with Gasteiger partial charge in [0.05, 0.1) is 11.8 Å². The van der Waals surface area contributed by atoms with Crippen LogP contribution in [0.25, 0.3) is 0 Å². The Morgan fingerprint density at radius 2 is 1.80 bits per heavy atom. The standard InChI is InChI=1S/C19H14N2O4/c22-17(14-5-2-1-3-6-14)12-21-10-9-20-18(13-21)25-16-8-4-7-15(11-16)19(23)24/h1-11,13H,12H2/p+1. The van der Waals surface area contributed by atoms with Gasteiger partial charge in [0.1, 0.15) is 5.75 Å². The molecule has 0 saturated heterocycles. The molecule has 0 aliphatic rings. The summed E-state index contributed by atoms with van der Waals surface area (Å²) in [6.45, 7) is 0.151. The summed E-state index contributed by atoms with van der Waals surface area (Å²) in [7, 11) is 0. The predicted molar refractivity (Wildman–Crippen MR) is 88.7 cm³/mol. The minimum atomic E-state index is -1.03. The van der Waals surface area contributed by atoms with Gasteiger partial charge in [0, 0.05) is 5.56 Å². The van der Waals surface area contributed by atoms with Crippen LogP contribution >= 0.6 is 0 Å². The lowest BCUT2D eigenvalue weighted by molar-refractivity contribution is -0.683. The van der Waals surface area contributed by atoms with Gasteiger partial charge in [-0.25, -0.2) is 9.78 Å². The minimum Gasteiger partial charge on any atom is -0.478 e. The molecule has 0 saturated carbocycles. The number of hydrogen-bond donors (Lipinski definition) is 1. The molecule has 0 bridgehead atoms. The molecular weight excluding hydrogens is 320 g/mol. The summed E-state index contributed by atoms with van der Waals surface area (Å²) in [6, 6.07) is 15.1. The zero-order chi connectivity index (χ0) is 17.6. The van der Waals surface area contributed by atoms with E-state index >= 15 is 0 Å². The quantitative estimate of drug-likeness (QED) is 0.553. The molecule has 1 N–H and O–H groups in total. The first-order chi connectivity index (χ1) is 12.1. The van der Waals surface area contributed by atoms with Crippen LogP contribution in [-0.2, 0) is 6.54 Å². The molecule has 1 heterocycles. The van der Waals surface area contributed by atoms with Gasteiger partial charge in [-0.3, -0.25) is 4.79 Å². The number of carboxylic acids is 1. The zero-order valence-electron chi connectivity index (χ0n) is 13.2. The van der Waals surface area contributed by atoms with Gasteiger partial charge in [0.2, 0.25) is 18.5 Å². The molecule has 0 atom stereocenters. The number of benzene rings is 2. The van der Waals surface area contributed by atoms with Gasteiger partial charge in [0.15, 0.2) is 6.20 Å². The summed E-state index contributed by atoms with van der Waals surface area (Å²) in [4.78, 5) is 27.3. The number of carbonyl (C=O) groups excluding carboxylic acids is 1. The lowest BCUT2D eigenvalue weighted by Gasteiger charge is -2.04. The maximum atomic E-state index is 12.3. The van der Waals surface area contributed by atoms with Crippen LogP contribution in [0.5, 0.6) is 11.6 Å². The van der Waals surface area contributed by atoms with Crippen LogP contribution in [0.15, 0.2) is 73.2 Å². The van der Waals surface area contributed by atoms with E-state index in [9.17, 15) is 9.59 Å². The first kappa shape index (κ1) is 16.3. The lowest BCUT2D eigenvalue weighted by atomic mass is 10.1. The fourth-order valence-corrected chi connectivity index (χ4v) is 2.26. The number of rotatable bonds is 6. The first-order valence-electron chi connectivity index (χ1n) is 7.56. The molecule has 124 valence electrons. The number of ketones is 1. The molecule has 0 aliphatic carbocycles. The maximum Gasteiger partial charge on any atom is 0.335 e. The second-order valence-corrected chi connectivity index (χ2v) is 5.29. The molecule has 0 aliphatic heterocycles. The third-order valence-corrected chi connectivity index (χ3v) is 3.46. The Morgan fingerprint density at radius 1 is 1.04 bits per heavy atom. The number of Topliss-reactive ketones (excluding diaryl/α,β-unsaturated/α-hetero) is 1. The summed E-state index contributed by atoms with van der Waals surface area (Å²) in [5.41, 5.74) is 0.754. The Balaban J connectivity index is 1.74. The molecule has 0 spiro atoms. The molecular formula is C19H15N2O4+. The van der Waals surface area contributed by atoms with E-state index < -0.39 is 5.97 Å². The molecule has 6 nitrogen and oxygen atoms in total. The summed E-state index contributed by atoms with van der Waals surface area (Å²) in [6.07, 6.45) is 4.78. The summed E-state index contributed by atoms with van der Waals surface area (Å²) in [5, 5.41) is 9.01. The molecule has 0 radical (unpaired) electrons. The highest BCUT2D eigenvalue weighted by atomic mass is 16.5. The predicted octanol–water partition coefficient (Wildman–Crippen LogP) is 2.74. The molecule has 6 heteroatoms. The number of nitrogens with zero attached hydrogens (tertiary/aromatic N) is 2. The van der Waals surface area contributed by atoms with Crippen LogP contribution < -0.4 is 9.30 Å². The van der Waals surface area contributed by atoms with Gasteiger partial charge in [-0.2, -0.15) is 4.57 Å². The van der Waals surface area contributed by atoms with Crippen LogP contribution in [0.1, 0.15) is 20.7 Å². The highest BCUT2D eigenvalue weighted by molar-refractivity contribution is 5.94. The van der Waals surface area contributed by atoms with Crippen molar-refractivity contribution in [3.05, 3.63) is 84.3 Å². The van der Waals surface area contributed by atoms with Crippen molar-refractivity contribution in [2.24, 2.45) is 0 Å². The van der Waals surface area contributed by atoms with E-state index in [1.165, 1.54) is 18.3 Å². The monoisotopic (exact) mass is 335 g/mol. The third-order valence-electron chi connectivity index (χ3n) is 3.46. The minimum absolute atomic E-state index is 0.0318. The van der Waals surface area contributed by atoms with E-state index in [4.69, 9.17) is 9.84 Å². The Bertz CT molecular complexity index is 910.